The Morgan fingerprint density at radius 2 is 1.62 bits per heavy atom. The predicted molar refractivity (Wildman–Crippen MR) is 94.0 cm³/mol. The molecule has 0 saturated heterocycles. The van der Waals surface area contributed by atoms with Crippen LogP contribution in [0.5, 0.6) is 0 Å². The molecule has 1 amide bonds. The number of amides is 1. The van der Waals surface area contributed by atoms with Crippen molar-refractivity contribution in [2.45, 2.75) is 11.8 Å². The smallest absolute Gasteiger partial charge is 0.269 e. The van der Waals surface area contributed by atoms with E-state index in [1.807, 2.05) is 19.1 Å². The van der Waals surface area contributed by atoms with Crippen LogP contribution in [0.25, 0.3) is 5.70 Å². The highest BCUT2D eigenvalue weighted by Gasteiger charge is 2.40. The molecule has 3 rings (SSSR count). The van der Waals surface area contributed by atoms with E-state index in [0.29, 0.717) is 16.9 Å². The molecular weight excluding hydrogens is 324 g/mol. The number of rotatable bonds is 3. The van der Waals surface area contributed by atoms with Gasteiger partial charge in [0.25, 0.3) is 5.91 Å². The Morgan fingerprint density at radius 1 is 1.00 bits per heavy atom. The Balaban J connectivity index is 2.09. The topological polar surface area (TPSA) is 66.5 Å². The molecule has 6 heteroatoms. The molecule has 2 aromatic rings. The van der Waals surface area contributed by atoms with Crippen molar-refractivity contribution in [2.75, 3.05) is 19.4 Å². The highest BCUT2D eigenvalue weighted by molar-refractivity contribution is 7.97. The fourth-order valence-corrected chi connectivity index (χ4v) is 4.53. The Hall–Kier alpha value is -2.60. The standard InChI is InChI=1S/C18H18N2O3S/c1-12-8-10-13(11-9-12)19-18(21)17-16(20(2)3)14-6-4-5-7-15(14)24(17,22)23/h4-11H,1-3H3,(H,19,21). The maximum absolute atomic E-state index is 12.8. The number of fused-ring (bicyclic) bond motifs is 1. The molecule has 5 nitrogen and oxygen atoms in total. The third-order valence-electron chi connectivity index (χ3n) is 3.88. The zero-order valence-corrected chi connectivity index (χ0v) is 14.5. The summed E-state index contributed by atoms with van der Waals surface area (Å²) in [6.45, 7) is 1.94. The van der Waals surface area contributed by atoms with Gasteiger partial charge in [-0.15, -0.1) is 0 Å². The molecular formula is C18H18N2O3S. The average molecular weight is 342 g/mol. The van der Waals surface area contributed by atoms with Gasteiger partial charge in [0, 0.05) is 25.3 Å². The maximum Gasteiger partial charge on any atom is 0.269 e. The average Bonchev–Trinajstić information content (AvgIpc) is 2.78. The minimum atomic E-state index is -3.84. The summed E-state index contributed by atoms with van der Waals surface area (Å²) in [7, 11) is -0.386. The zero-order chi connectivity index (χ0) is 17.5. The van der Waals surface area contributed by atoms with Crippen LogP contribution >= 0.6 is 0 Å². The number of nitrogens with one attached hydrogen (secondary N) is 1. The van der Waals surface area contributed by atoms with E-state index < -0.39 is 15.7 Å². The van der Waals surface area contributed by atoms with Crippen LogP contribution in [-0.4, -0.2) is 33.3 Å². The van der Waals surface area contributed by atoms with Gasteiger partial charge in [-0.2, -0.15) is 0 Å². The van der Waals surface area contributed by atoms with E-state index in [1.165, 1.54) is 6.07 Å². The van der Waals surface area contributed by atoms with Crippen LogP contribution in [0.2, 0.25) is 0 Å². The molecule has 0 fully saturated rings. The van der Waals surface area contributed by atoms with Crippen LogP contribution in [0, 0.1) is 6.92 Å². The third-order valence-corrected chi connectivity index (χ3v) is 5.73. The highest BCUT2D eigenvalue weighted by Crippen LogP contribution is 2.40. The van der Waals surface area contributed by atoms with E-state index in [-0.39, 0.29) is 9.80 Å². The van der Waals surface area contributed by atoms with E-state index in [9.17, 15) is 13.2 Å². The molecule has 0 bridgehead atoms. The van der Waals surface area contributed by atoms with E-state index in [2.05, 4.69) is 5.32 Å². The molecule has 2 aromatic carbocycles. The molecule has 0 spiro atoms. The first-order valence-electron chi connectivity index (χ1n) is 7.46. The van der Waals surface area contributed by atoms with Gasteiger partial charge in [-0.1, -0.05) is 35.9 Å². The number of carbonyl (C=O) groups is 1. The molecule has 0 atom stereocenters. The summed E-state index contributed by atoms with van der Waals surface area (Å²) in [6, 6.07) is 13.9. The Bertz CT molecular complexity index is 942. The molecule has 0 aromatic heterocycles. The number of anilines is 1. The molecule has 1 aliphatic heterocycles. The number of hydrogen-bond acceptors (Lipinski definition) is 4. The minimum Gasteiger partial charge on any atom is -0.376 e. The number of hydrogen-bond donors (Lipinski definition) is 1. The van der Waals surface area contributed by atoms with Gasteiger partial charge in [-0.25, -0.2) is 8.42 Å². The van der Waals surface area contributed by atoms with Gasteiger partial charge < -0.3 is 10.2 Å². The maximum atomic E-state index is 12.8. The van der Waals surface area contributed by atoms with Crippen molar-refractivity contribution >= 4 is 27.1 Å². The molecule has 1 N–H and O–H groups in total. The van der Waals surface area contributed by atoms with Gasteiger partial charge in [0.05, 0.1) is 10.6 Å². The number of sulfone groups is 1. The zero-order valence-electron chi connectivity index (χ0n) is 13.7. The van der Waals surface area contributed by atoms with E-state index in [0.717, 1.165) is 5.56 Å². The molecule has 1 heterocycles. The first-order chi connectivity index (χ1) is 11.3. The summed E-state index contributed by atoms with van der Waals surface area (Å²) in [5, 5.41) is 2.68. The Kier molecular flexibility index (Phi) is 3.93. The van der Waals surface area contributed by atoms with E-state index >= 15 is 0 Å². The van der Waals surface area contributed by atoms with Gasteiger partial charge in [0.2, 0.25) is 9.84 Å². The summed E-state index contributed by atoms with van der Waals surface area (Å²) in [5.74, 6) is -0.626. The van der Waals surface area contributed by atoms with Crippen molar-refractivity contribution in [2.24, 2.45) is 0 Å². The second-order valence-corrected chi connectivity index (χ2v) is 7.75. The quantitative estimate of drug-likeness (QED) is 0.931. The lowest BCUT2D eigenvalue weighted by Crippen LogP contribution is -2.22. The van der Waals surface area contributed by atoms with Crippen LogP contribution < -0.4 is 5.32 Å². The lowest BCUT2D eigenvalue weighted by atomic mass is 10.1. The number of benzene rings is 2. The van der Waals surface area contributed by atoms with Crippen LogP contribution in [0.3, 0.4) is 0 Å². The fraction of sp³-hybridized carbons (Fsp3) is 0.167. The number of nitrogens with zero attached hydrogens (tertiary/aromatic N) is 1. The van der Waals surface area contributed by atoms with Gasteiger partial charge in [-0.05, 0) is 25.1 Å². The van der Waals surface area contributed by atoms with E-state index in [4.69, 9.17) is 0 Å². The van der Waals surface area contributed by atoms with Crippen LogP contribution in [0.1, 0.15) is 11.1 Å². The predicted octanol–water partition coefficient (Wildman–Crippen LogP) is 2.65. The first-order valence-corrected chi connectivity index (χ1v) is 8.95. The second kappa shape index (κ2) is 5.79. The van der Waals surface area contributed by atoms with Crippen LogP contribution in [-0.2, 0) is 14.6 Å². The first kappa shape index (κ1) is 16.3. The summed E-state index contributed by atoms with van der Waals surface area (Å²) in [5.41, 5.74) is 2.58. The van der Waals surface area contributed by atoms with Crippen molar-refractivity contribution in [1.82, 2.24) is 4.90 Å². The third kappa shape index (κ3) is 2.59. The second-order valence-electron chi connectivity index (χ2n) is 5.89. The normalized spacial score (nSPS) is 15.1. The fourth-order valence-electron chi connectivity index (χ4n) is 2.75. The van der Waals surface area contributed by atoms with Crippen molar-refractivity contribution in [3.63, 3.8) is 0 Å². The molecule has 0 unspecified atom stereocenters. The SMILES string of the molecule is Cc1ccc(NC(=O)C2=C(N(C)C)c3ccccc3S2(=O)=O)cc1. The lowest BCUT2D eigenvalue weighted by Gasteiger charge is -2.16. The monoisotopic (exact) mass is 342 g/mol. The van der Waals surface area contributed by atoms with Gasteiger partial charge in [-0.3, -0.25) is 4.79 Å². The van der Waals surface area contributed by atoms with Crippen molar-refractivity contribution in [1.29, 1.82) is 0 Å². The van der Waals surface area contributed by atoms with Gasteiger partial charge in [0.15, 0.2) is 4.91 Å². The molecule has 24 heavy (non-hydrogen) atoms. The molecule has 0 radical (unpaired) electrons. The number of carbonyl (C=O) groups excluding carboxylic acids is 1. The Morgan fingerprint density at radius 3 is 2.25 bits per heavy atom. The minimum absolute atomic E-state index is 0.169. The van der Waals surface area contributed by atoms with Crippen molar-refractivity contribution in [3.05, 3.63) is 64.6 Å². The summed E-state index contributed by atoms with van der Waals surface area (Å²) in [4.78, 5) is 14.3. The van der Waals surface area contributed by atoms with Crippen molar-refractivity contribution in [3.8, 4) is 0 Å². The van der Waals surface area contributed by atoms with Crippen LogP contribution in [0.4, 0.5) is 5.69 Å². The molecule has 1 aliphatic rings. The highest BCUT2D eigenvalue weighted by atomic mass is 32.2. The van der Waals surface area contributed by atoms with Gasteiger partial charge >= 0.3 is 0 Å². The van der Waals surface area contributed by atoms with Gasteiger partial charge in [0.1, 0.15) is 0 Å². The van der Waals surface area contributed by atoms with Crippen molar-refractivity contribution < 1.29 is 13.2 Å². The van der Waals surface area contributed by atoms with Crippen LogP contribution in [0.15, 0.2) is 58.3 Å². The summed E-state index contributed by atoms with van der Waals surface area (Å²) < 4.78 is 25.7. The van der Waals surface area contributed by atoms with E-state index in [1.54, 1.807) is 49.3 Å². The summed E-state index contributed by atoms with van der Waals surface area (Å²) >= 11 is 0. The molecule has 124 valence electrons. The summed E-state index contributed by atoms with van der Waals surface area (Å²) in [6.07, 6.45) is 0. The molecule has 0 saturated carbocycles. The Labute approximate surface area is 141 Å². The largest absolute Gasteiger partial charge is 0.376 e. The number of aryl methyl sites for hydroxylation is 1. The molecule has 0 aliphatic carbocycles. The lowest BCUT2D eigenvalue weighted by molar-refractivity contribution is -0.112.